The van der Waals surface area contributed by atoms with Gasteiger partial charge in [0.1, 0.15) is 0 Å². The van der Waals surface area contributed by atoms with Crippen LogP contribution in [0.15, 0.2) is 328 Å². The minimum Gasteiger partial charge on any atom is -0.278 e. The molecule has 0 amide bonds. The summed E-state index contributed by atoms with van der Waals surface area (Å²) in [6.45, 7) is 0. The number of fused-ring (bicyclic) bond motifs is 18. The van der Waals surface area contributed by atoms with Crippen molar-refractivity contribution in [3.8, 4) is 102 Å². The SMILES string of the molecule is c1ccc(-c2ccc(-c3nc(-c4ccc(-c5cccc(-c6cccc(-c7ccc(-c8nc(-c9ccccc9)nc(-n9c%10cc%11sc%12ccccc%12c%11cc%10c%10cc%11c(cc%109)sc9ccccc9%11)n8)cc7)c6)c5)cc4)nc(-n4c5cc6sc7ccccc7c6cc5c5cc6c(cc54)sc4ccccc46)n3)cc2)cc1. The van der Waals surface area contributed by atoms with Crippen LogP contribution in [0.25, 0.3) is 226 Å². The van der Waals surface area contributed by atoms with Crippen LogP contribution in [0, 0.1) is 0 Å². The molecule has 15 aromatic carbocycles. The summed E-state index contributed by atoms with van der Waals surface area (Å²) in [7, 11) is 0. The lowest BCUT2D eigenvalue weighted by Gasteiger charge is -2.12. The summed E-state index contributed by atoms with van der Waals surface area (Å²) in [5.41, 5.74) is 16.7. The first-order valence-corrected chi connectivity index (χ1v) is 39.3. The van der Waals surface area contributed by atoms with Crippen LogP contribution in [-0.2, 0) is 0 Å². The summed E-state index contributed by atoms with van der Waals surface area (Å²) in [6, 6.07) is 118. The molecule has 8 nitrogen and oxygen atoms in total. The topological polar surface area (TPSA) is 87.2 Å². The Bertz CT molecular complexity index is 7400. The van der Waals surface area contributed by atoms with E-state index in [1.54, 1.807) is 0 Å². The van der Waals surface area contributed by atoms with Crippen molar-refractivity contribution >= 4 is 170 Å². The van der Waals surface area contributed by atoms with Gasteiger partial charge in [0.25, 0.3) is 0 Å². The van der Waals surface area contributed by atoms with E-state index >= 15 is 0 Å². The van der Waals surface area contributed by atoms with E-state index in [-0.39, 0.29) is 0 Å². The average molecular weight is 1450 g/mol. The monoisotopic (exact) mass is 1450 g/mol. The fourth-order valence-electron chi connectivity index (χ4n) is 16.2. The van der Waals surface area contributed by atoms with Crippen molar-refractivity contribution in [2.45, 2.75) is 0 Å². The van der Waals surface area contributed by atoms with Gasteiger partial charge in [-0.05, 0) is 129 Å². The van der Waals surface area contributed by atoms with Gasteiger partial charge >= 0.3 is 0 Å². The van der Waals surface area contributed by atoms with E-state index in [4.69, 9.17) is 29.9 Å². The summed E-state index contributed by atoms with van der Waals surface area (Å²) in [4.78, 5) is 32.4. The highest BCUT2D eigenvalue weighted by molar-refractivity contribution is 7.27. The van der Waals surface area contributed by atoms with E-state index in [1.165, 1.54) is 80.7 Å². The molecule has 0 saturated carbocycles. The van der Waals surface area contributed by atoms with Crippen LogP contribution < -0.4 is 0 Å². The van der Waals surface area contributed by atoms with Crippen molar-refractivity contribution < 1.29 is 0 Å². The van der Waals surface area contributed by atoms with Crippen molar-refractivity contribution in [3.63, 3.8) is 0 Å². The number of hydrogen-bond acceptors (Lipinski definition) is 10. The van der Waals surface area contributed by atoms with Gasteiger partial charge in [-0.2, -0.15) is 19.9 Å². The summed E-state index contributed by atoms with van der Waals surface area (Å²) >= 11 is 7.30. The van der Waals surface area contributed by atoms with Crippen LogP contribution in [0.5, 0.6) is 0 Å². The first-order chi connectivity index (χ1) is 53.4. The summed E-state index contributed by atoms with van der Waals surface area (Å²) < 4.78 is 14.5. The van der Waals surface area contributed by atoms with Gasteiger partial charge in [0.2, 0.25) is 11.9 Å². The molecule has 0 saturated heterocycles. The van der Waals surface area contributed by atoms with E-state index in [2.05, 4.69) is 319 Å². The number of aromatic nitrogens is 8. The minimum atomic E-state index is 0.561. The molecule has 0 radical (unpaired) electrons. The van der Waals surface area contributed by atoms with Gasteiger partial charge in [-0.25, -0.2) is 9.97 Å². The fraction of sp³-hybridized carbons (Fsp3) is 0. The van der Waals surface area contributed by atoms with Crippen molar-refractivity contribution in [1.29, 1.82) is 0 Å². The molecule has 0 aliphatic heterocycles. The van der Waals surface area contributed by atoms with Crippen LogP contribution in [0.1, 0.15) is 0 Å². The predicted molar refractivity (Wildman–Crippen MR) is 457 cm³/mol. The Hall–Kier alpha value is -13.2. The summed E-state index contributed by atoms with van der Waals surface area (Å²) in [5.74, 6) is 3.52. The third-order valence-corrected chi connectivity index (χ3v) is 26.0. The molecule has 0 aliphatic carbocycles. The zero-order chi connectivity index (χ0) is 70.7. The molecule has 0 aliphatic rings. The molecule has 8 heterocycles. The Kier molecular flexibility index (Phi) is 13.7. The lowest BCUT2D eigenvalue weighted by molar-refractivity contribution is 0.954. The maximum Gasteiger partial charge on any atom is 0.238 e. The highest BCUT2D eigenvalue weighted by atomic mass is 32.1. The molecule has 0 fully saturated rings. The zero-order valence-electron chi connectivity index (χ0n) is 57.4. The lowest BCUT2D eigenvalue weighted by Crippen LogP contribution is -2.06. The van der Waals surface area contributed by atoms with Crippen molar-refractivity contribution in [1.82, 2.24) is 39.0 Å². The van der Waals surface area contributed by atoms with E-state index in [9.17, 15) is 0 Å². The van der Waals surface area contributed by atoms with Gasteiger partial charge in [0.15, 0.2) is 23.3 Å². The van der Waals surface area contributed by atoms with Gasteiger partial charge in [-0.1, -0.05) is 243 Å². The Labute approximate surface area is 633 Å². The molecule has 108 heavy (non-hydrogen) atoms. The van der Waals surface area contributed by atoms with Crippen molar-refractivity contribution in [3.05, 3.63) is 328 Å². The fourth-order valence-corrected chi connectivity index (χ4v) is 20.7. The van der Waals surface area contributed by atoms with Gasteiger partial charge in [-0.15, -0.1) is 45.3 Å². The predicted octanol–water partition coefficient (Wildman–Crippen LogP) is 27.1. The average Bonchev–Trinajstić information content (AvgIpc) is 1.56. The van der Waals surface area contributed by atoms with Crippen LogP contribution in [0.2, 0.25) is 0 Å². The van der Waals surface area contributed by atoms with Crippen molar-refractivity contribution in [2.75, 3.05) is 0 Å². The molecule has 23 aromatic rings. The Balaban J connectivity index is 0.596. The first-order valence-electron chi connectivity index (χ1n) is 36.0. The molecule has 0 spiro atoms. The molecular formula is C96H54N8S4. The maximum atomic E-state index is 5.50. The summed E-state index contributed by atoms with van der Waals surface area (Å²) in [6.07, 6.45) is 0. The van der Waals surface area contributed by atoms with Crippen molar-refractivity contribution in [2.24, 2.45) is 0 Å². The Morgan fingerprint density at radius 2 is 0.389 bits per heavy atom. The second-order valence-electron chi connectivity index (χ2n) is 27.7. The maximum absolute atomic E-state index is 5.50. The second-order valence-corrected chi connectivity index (χ2v) is 32.1. The van der Waals surface area contributed by atoms with E-state index in [0.717, 1.165) is 110 Å². The molecule has 12 heteroatoms. The van der Waals surface area contributed by atoms with Crippen LogP contribution in [0.4, 0.5) is 0 Å². The lowest BCUT2D eigenvalue weighted by atomic mass is 9.95. The largest absolute Gasteiger partial charge is 0.278 e. The van der Waals surface area contributed by atoms with E-state index in [0.29, 0.717) is 35.2 Å². The number of hydrogen-bond donors (Lipinski definition) is 0. The number of benzene rings is 15. The molecule has 8 aromatic heterocycles. The van der Waals surface area contributed by atoms with Crippen LogP contribution >= 0.6 is 45.3 Å². The molecule has 0 N–H and O–H groups in total. The molecule has 0 unspecified atom stereocenters. The minimum absolute atomic E-state index is 0.561. The molecule has 23 rings (SSSR count). The molecule has 0 bridgehead atoms. The van der Waals surface area contributed by atoms with Crippen LogP contribution in [-0.4, -0.2) is 39.0 Å². The number of thiophene rings is 4. The highest BCUT2D eigenvalue weighted by Crippen LogP contribution is 2.48. The molecule has 502 valence electrons. The van der Waals surface area contributed by atoms with Gasteiger partial charge in [0.05, 0.1) is 22.1 Å². The third kappa shape index (κ3) is 9.92. The Morgan fingerprint density at radius 1 is 0.157 bits per heavy atom. The van der Waals surface area contributed by atoms with E-state index < -0.39 is 0 Å². The number of nitrogens with zero attached hydrogens (tertiary/aromatic N) is 8. The molecule has 0 atom stereocenters. The van der Waals surface area contributed by atoms with Gasteiger partial charge < -0.3 is 0 Å². The Morgan fingerprint density at radius 3 is 0.704 bits per heavy atom. The summed E-state index contributed by atoms with van der Waals surface area (Å²) in [5, 5.41) is 14.7. The smallest absolute Gasteiger partial charge is 0.238 e. The molecular weight excluding hydrogens is 1390 g/mol. The number of rotatable bonds is 10. The van der Waals surface area contributed by atoms with E-state index in [1.807, 2.05) is 63.5 Å². The highest BCUT2D eigenvalue weighted by Gasteiger charge is 2.25. The van der Waals surface area contributed by atoms with Gasteiger partial charge in [0, 0.05) is 124 Å². The quantitative estimate of drug-likeness (QED) is 0.136. The normalized spacial score (nSPS) is 12.1. The standard InChI is InChI=1S/C96H54N8S4/c1-3-17-55(18-4-1)56-33-39-60(40-34-56)93-98-94(102-96(101-93)104-81-53-89-77(69-27-9-13-31-85(69)107-89)49-73(81)74-50-78-70-28-10-14-32-86(70)108-90(78)54-82(74)104)62-43-37-58(38-44-62)64-22-16-24-66(46-64)65-23-15-21-63(45-65)57-35-41-61(42-36-57)92-97-91(59-19-5-2-6-20-59)99-95(100-92)103-79-51-87-75(67-25-7-11-29-83(67)105-87)47-71(79)72-48-76-68-26-8-12-30-84(68)106-88(76)52-80(72)103/h1-54H. The zero-order valence-corrected chi connectivity index (χ0v) is 60.7. The second kappa shape index (κ2) is 24.2. The first kappa shape index (κ1) is 61.1. The van der Waals surface area contributed by atoms with Crippen LogP contribution in [0.3, 0.4) is 0 Å². The van der Waals surface area contributed by atoms with Gasteiger partial charge in [-0.3, -0.25) is 9.13 Å². The third-order valence-electron chi connectivity index (χ3n) is 21.5.